The Hall–Kier alpha value is -2.47. The first-order chi connectivity index (χ1) is 12.0. The first-order valence-electron chi connectivity index (χ1n) is 8.31. The molecule has 1 aromatic carbocycles. The van der Waals surface area contributed by atoms with Gasteiger partial charge in [-0.3, -0.25) is 4.79 Å². The van der Waals surface area contributed by atoms with Crippen LogP contribution in [0.3, 0.4) is 0 Å². The Morgan fingerprint density at radius 2 is 2.04 bits per heavy atom. The average Bonchev–Trinajstić information content (AvgIpc) is 2.64. The van der Waals surface area contributed by atoms with Crippen LogP contribution in [0.5, 0.6) is 0 Å². The van der Waals surface area contributed by atoms with E-state index in [1.807, 2.05) is 37.2 Å². The minimum absolute atomic E-state index is 0.0173. The van der Waals surface area contributed by atoms with E-state index in [1.165, 1.54) is 12.1 Å². The molecule has 0 bridgehead atoms. The van der Waals surface area contributed by atoms with Crippen LogP contribution in [0.4, 0.5) is 10.2 Å². The molecule has 2 aromatic rings. The van der Waals surface area contributed by atoms with Crippen LogP contribution in [0.25, 0.3) is 0 Å². The fraction of sp³-hybridized carbons (Fsp3) is 0.368. The summed E-state index contributed by atoms with van der Waals surface area (Å²) < 4.78 is 18.8. The summed E-state index contributed by atoms with van der Waals surface area (Å²) in [7, 11) is 3.87. The first-order valence-corrected chi connectivity index (χ1v) is 8.31. The number of benzene rings is 1. The SMILES string of the molecule is CN(C)c1cccc([C@@H]2CN(C(=O)Cc3ccc(F)cc3)CCO2)n1. The third-order valence-electron chi connectivity index (χ3n) is 4.23. The van der Waals surface area contributed by atoms with Gasteiger partial charge >= 0.3 is 0 Å². The number of nitrogens with zero attached hydrogens (tertiary/aromatic N) is 3. The monoisotopic (exact) mass is 343 g/mol. The molecule has 1 amide bonds. The third kappa shape index (κ3) is 4.33. The topological polar surface area (TPSA) is 45.7 Å². The van der Waals surface area contributed by atoms with Crippen molar-refractivity contribution in [1.29, 1.82) is 0 Å². The van der Waals surface area contributed by atoms with Gasteiger partial charge in [0.05, 0.1) is 25.3 Å². The molecule has 5 nitrogen and oxygen atoms in total. The molecule has 0 saturated carbocycles. The number of hydrogen-bond acceptors (Lipinski definition) is 4. The van der Waals surface area contributed by atoms with Crippen molar-refractivity contribution < 1.29 is 13.9 Å². The summed E-state index contributed by atoms with van der Waals surface area (Å²) in [6.45, 7) is 1.52. The molecule has 1 atom stereocenters. The second-order valence-corrected chi connectivity index (χ2v) is 6.32. The van der Waals surface area contributed by atoms with E-state index in [4.69, 9.17) is 4.74 Å². The Bertz CT molecular complexity index is 734. The molecule has 1 fully saturated rings. The average molecular weight is 343 g/mol. The van der Waals surface area contributed by atoms with Gasteiger partial charge in [0.1, 0.15) is 17.7 Å². The van der Waals surface area contributed by atoms with Gasteiger partial charge in [-0.1, -0.05) is 18.2 Å². The van der Waals surface area contributed by atoms with Crippen molar-refractivity contribution in [2.24, 2.45) is 0 Å². The number of hydrogen-bond donors (Lipinski definition) is 0. The molecular weight excluding hydrogens is 321 g/mol. The molecule has 0 N–H and O–H groups in total. The smallest absolute Gasteiger partial charge is 0.227 e. The fourth-order valence-electron chi connectivity index (χ4n) is 2.81. The number of ether oxygens (including phenoxy) is 1. The van der Waals surface area contributed by atoms with Crippen LogP contribution in [0.1, 0.15) is 17.4 Å². The van der Waals surface area contributed by atoms with E-state index in [0.29, 0.717) is 19.7 Å². The van der Waals surface area contributed by atoms with Crippen LogP contribution < -0.4 is 4.90 Å². The third-order valence-corrected chi connectivity index (χ3v) is 4.23. The second kappa shape index (κ2) is 7.61. The quantitative estimate of drug-likeness (QED) is 0.855. The lowest BCUT2D eigenvalue weighted by atomic mass is 10.1. The van der Waals surface area contributed by atoms with E-state index in [2.05, 4.69) is 4.98 Å². The van der Waals surface area contributed by atoms with Gasteiger partial charge in [-0.2, -0.15) is 0 Å². The number of aromatic nitrogens is 1. The Labute approximate surface area is 147 Å². The highest BCUT2D eigenvalue weighted by Gasteiger charge is 2.26. The largest absolute Gasteiger partial charge is 0.368 e. The van der Waals surface area contributed by atoms with Gasteiger partial charge < -0.3 is 14.5 Å². The maximum atomic E-state index is 13.0. The van der Waals surface area contributed by atoms with Crippen molar-refractivity contribution >= 4 is 11.7 Å². The van der Waals surface area contributed by atoms with Crippen molar-refractivity contribution in [1.82, 2.24) is 9.88 Å². The van der Waals surface area contributed by atoms with E-state index < -0.39 is 0 Å². The van der Waals surface area contributed by atoms with Crippen molar-refractivity contribution in [3.05, 3.63) is 59.5 Å². The molecule has 1 aliphatic rings. The van der Waals surface area contributed by atoms with Crippen molar-refractivity contribution in [3.8, 4) is 0 Å². The Morgan fingerprint density at radius 1 is 1.28 bits per heavy atom. The molecule has 2 heterocycles. The highest BCUT2D eigenvalue weighted by molar-refractivity contribution is 5.78. The lowest BCUT2D eigenvalue weighted by molar-refractivity contribution is -0.138. The molecule has 1 aliphatic heterocycles. The van der Waals surface area contributed by atoms with E-state index in [9.17, 15) is 9.18 Å². The second-order valence-electron chi connectivity index (χ2n) is 6.32. The van der Waals surface area contributed by atoms with Crippen LogP contribution in [0.15, 0.2) is 42.5 Å². The molecule has 0 aliphatic carbocycles. The number of pyridine rings is 1. The zero-order valence-corrected chi connectivity index (χ0v) is 14.5. The summed E-state index contributed by atoms with van der Waals surface area (Å²) in [5.41, 5.74) is 1.63. The number of halogens is 1. The molecule has 132 valence electrons. The Morgan fingerprint density at radius 3 is 2.76 bits per heavy atom. The highest BCUT2D eigenvalue weighted by Crippen LogP contribution is 2.23. The number of anilines is 1. The van der Waals surface area contributed by atoms with Gasteiger partial charge in [0.2, 0.25) is 5.91 Å². The molecule has 6 heteroatoms. The highest BCUT2D eigenvalue weighted by atomic mass is 19.1. The maximum Gasteiger partial charge on any atom is 0.227 e. The number of carbonyl (C=O) groups is 1. The lowest BCUT2D eigenvalue weighted by Crippen LogP contribution is -2.43. The predicted octanol–water partition coefficient (Wildman–Crippen LogP) is 2.43. The van der Waals surface area contributed by atoms with Gasteiger partial charge in [-0.05, 0) is 29.8 Å². The van der Waals surface area contributed by atoms with E-state index in [1.54, 1.807) is 17.0 Å². The van der Waals surface area contributed by atoms with E-state index >= 15 is 0 Å². The van der Waals surface area contributed by atoms with Gasteiger partial charge in [-0.25, -0.2) is 9.37 Å². The van der Waals surface area contributed by atoms with Gasteiger partial charge in [0.25, 0.3) is 0 Å². The fourth-order valence-corrected chi connectivity index (χ4v) is 2.81. The summed E-state index contributed by atoms with van der Waals surface area (Å²) in [5, 5.41) is 0. The standard InChI is InChI=1S/C19H22FN3O2/c1-22(2)18-5-3-4-16(21-18)17-13-23(10-11-25-17)19(24)12-14-6-8-15(20)9-7-14/h3-9,17H,10-13H2,1-2H3/t17-/m0/s1. The van der Waals surface area contributed by atoms with Crippen molar-refractivity contribution in [2.45, 2.75) is 12.5 Å². The summed E-state index contributed by atoms with van der Waals surface area (Å²) in [6, 6.07) is 11.8. The lowest BCUT2D eigenvalue weighted by Gasteiger charge is -2.33. The molecule has 0 radical (unpaired) electrons. The number of morpholine rings is 1. The van der Waals surface area contributed by atoms with Gasteiger partial charge in [0.15, 0.2) is 0 Å². The molecule has 3 rings (SSSR count). The van der Waals surface area contributed by atoms with Gasteiger partial charge in [-0.15, -0.1) is 0 Å². The van der Waals surface area contributed by atoms with E-state index in [0.717, 1.165) is 17.1 Å². The maximum absolute atomic E-state index is 13.0. The summed E-state index contributed by atoms with van der Waals surface area (Å²) >= 11 is 0. The molecule has 0 spiro atoms. The Kier molecular flexibility index (Phi) is 5.28. The molecular formula is C19H22FN3O2. The minimum Gasteiger partial charge on any atom is -0.368 e. The van der Waals surface area contributed by atoms with Crippen LogP contribution >= 0.6 is 0 Å². The summed E-state index contributed by atoms with van der Waals surface area (Å²) in [4.78, 5) is 20.9. The van der Waals surface area contributed by atoms with E-state index in [-0.39, 0.29) is 24.2 Å². The molecule has 1 saturated heterocycles. The number of rotatable bonds is 4. The van der Waals surface area contributed by atoms with Gasteiger partial charge in [0, 0.05) is 20.6 Å². The van der Waals surface area contributed by atoms with Crippen LogP contribution in [0, 0.1) is 5.82 Å². The molecule has 0 unspecified atom stereocenters. The van der Waals surface area contributed by atoms with Crippen LogP contribution in [-0.4, -0.2) is 49.6 Å². The van der Waals surface area contributed by atoms with Crippen molar-refractivity contribution in [2.75, 3.05) is 38.7 Å². The first kappa shape index (κ1) is 17.4. The predicted molar refractivity (Wildman–Crippen MR) is 93.9 cm³/mol. The zero-order valence-electron chi connectivity index (χ0n) is 14.5. The summed E-state index contributed by atoms with van der Waals surface area (Å²) in [5.74, 6) is 0.578. The Balaban J connectivity index is 1.67. The van der Waals surface area contributed by atoms with Crippen LogP contribution in [0.2, 0.25) is 0 Å². The number of amides is 1. The zero-order chi connectivity index (χ0) is 17.8. The molecule has 25 heavy (non-hydrogen) atoms. The summed E-state index contributed by atoms with van der Waals surface area (Å²) in [6.07, 6.45) is 0.0313. The number of carbonyl (C=O) groups excluding carboxylic acids is 1. The van der Waals surface area contributed by atoms with Crippen molar-refractivity contribution in [3.63, 3.8) is 0 Å². The normalized spacial score (nSPS) is 17.4. The minimum atomic E-state index is -0.297. The van der Waals surface area contributed by atoms with Crippen LogP contribution in [-0.2, 0) is 16.0 Å². The molecule has 1 aromatic heterocycles.